The smallest absolute Gasteiger partial charge is 0.357 e. The summed E-state index contributed by atoms with van der Waals surface area (Å²) in [5.74, 6) is 0.113. The molecule has 0 saturated heterocycles. The fraction of sp³-hybridized carbons (Fsp3) is 0.333. The van der Waals surface area contributed by atoms with Gasteiger partial charge in [-0.25, -0.2) is 9.78 Å². The highest BCUT2D eigenvalue weighted by Crippen LogP contribution is 2.18. The van der Waals surface area contributed by atoms with E-state index in [1.165, 1.54) is 13.2 Å². The van der Waals surface area contributed by atoms with E-state index < -0.39 is 5.97 Å². The molecule has 0 saturated carbocycles. The molecule has 1 rings (SSSR count). The molecule has 0 atom stereocenters. The van der Waals surface area contributed by atoms with Crippen molar-refractivity contribution in [3.05, 3.63) is 22.4 Å². The minimum absolute atomic E-state index is 0.234. The van der Waals surface area contributed by atoms with Crippen molar-refractivity contribution in [2.45, 2.75) is 6.92 Å². The fourth-order valence-electron chi connectivity index (χ4n) is 0.901. The largest absolute Gasteiger partial charge is 0.497 e. The maximum absolute atomic E-state index is 11.3. The predicted molar refractivity (Wildman–Crippen MR) is 54.4 cm³/mol. The second kappa shape index (κ2) is 4.95. The molecule has 0 spiro atoms. The van der Waals surface area contributed by atoms with E-state index in [0.29, 0.717) is 17.0 Å². The lowest BCUT2D eigenvalue weighted by Gasteiger charge is -2.04. The lowest BCUT2D eigenvalue weighted by molar-refractivity contribution is 0.0519. The van der Waals surface area contributed by atoms with Gasteiger partial charge in [-0.3, -0.25) is 0 Å². The molecular formula is C9H10BrNO3. The number of esters is 1. The number of hydrogen-bond acceptors (Lipinski definition) is 4. The third-order valence-electron chi connectivity index (χ3n) is 1.49. The first-order valence-electron chi connectivity index (χ1n) is 4.06. The van der Waals surface area contributed by atoms with Crippen LogP contribution in [0.1, 0.15) is 17.4 Å². The van der Waals surface area contributed by atoms with E-state index in [9.17, 15) is 4.79 Å². The number of ether oxygens (including phenoxy) is 2. The van der Waals surface area contributed by atoms with Crippen LogP contribution in [0.25, 0.3) is 0 Å². The van der Waals surface area contributed by atoms with Gasteiger partial charge in [0, 0.05) is 12.1 Å². The van der Waals surface area contributed by atoms with Gasteiger partial charge in [0.25, 0.3) is 0 Å². The standard InChI is InChI=1S/C9H10BrNO3/c1-3-14-9(12)7-4-6(13-2)5-8(10)11-7/h4-5H,3H2,1-2H3. The van der Waals surface area contributed by atoms with E-state index in [1.807, 2.05) is 0 Å². The Hall–Kier alpha value is -1.10. The summed E-state index contributed by atoms with van der Waals surface area (Å²) < 4.78 is 10.3. The molecule has 0 N–H and O–H groups in total. The zero-order valence-corrected chi connectivity index (χ0v) is 9.50. The first kappa shape index (κ1) is 11.0. The van der Waals surface area contributed by atoms with Gasteiger partial charge in [-0.05, 0) is 22.9 Å². The van der Waals surface area contributed by atoms with Crippen molar-refractivity contribution in [3.63, 3.8) is 0 Å². The van der Waals surface area contributed by atoms with Crippen LogP contribution in [-0.2, 0) is 4.74 Å². The van der Waals surface area contributed by atoms with Crippen molar-refractivity contribution >= 4 is 21.9 Å². The number of pyridine rings is 1. The Morgan fingerprint density at radius 3 is 2.86 bits per heavy atom. The normalized spacial score (nSPS) is 9.64. The molecule has 4 nitrogen and oxygen atoms in total. The zero-order valence-electron chi connectivity index (χ0n) is 7.91. The van der Waals surface area contributed by atoms with Gasteiger partial charge in [0.2, 0.25) is 0 Å². The van der Waals surface area contributed by atoms with Crippen LogP contribution in [0.4, 0.5) is 0 Å². The van der Waals surface area contributed by atoms with Crippen molar-refractivity contribution in [2.24, 2.45) is 0 Å². The van der Waals surface area contributed by atoms with Crippen molar-refractivity contribution in [1.29, 1.82) is 0 Å². The molecule has 0 fully saturated rings. The lowest BCUT2D eigenvalue weighted by Crippen LogP contribution is -2.07. The van der Waals surface area contributed by atoms with Crippen molar-refractivity contribution in [1.82, 2.24) is 4.98 Å². The Kier molecular flexibility index (Phi) is 3.88. The average Bonchev–Trinajstić information content (AvgIpc) is 2.17. The summed E-state index contributed by atoms with van der Waals surface area (Å²) in [5, 5.41) is 0. The highest BCUT2D eigenvalue weighted by Gasteiger charge is 2.10. The predicted octanol–water partition coefficient (Wildman–Crippen LogP) is 2.03. The van der Waals surface area contributed by atoms with Gasteiger partial charge in [-0.1, -0.05) is 0 Å². The van der Waals surface area contributed by atoms with Gasteiger partial charge in [0.15, 0.2) is 5.69 Å². The number of methoxy groups -OCH3 is 1. The molecule has 5 heteroatoms. The third kappa shape index (κ3) is 2.70. The summed E-state index contributed by atoms with van der Waals surface area (Å²) >= 11 is 3.17. The van der Waals surface area contributed by atoms with Gasteiger partial charge < -0.3 is 9.47 Å². The monoisotopic (exact) mass is 259 g/mol. The van der Waals surface area contributed by atoms with E-state index >= 15 is 0 Å². The lowest BCUT2D eigenvalue weighted by atomic mass is 10.3. The van der Waals surface area contributed by atoms with Crippen molar-refractivity contribution in [3.8, 4) is 5.75 Å². The van der Waals surface area contributed by atoms with Gasteiger partial charge in [0.05, 0.1) is 13.7 Å². The molecule has 76 valence electrons. The number of carbonyl (C=O) groups is 1. The van der Waals surface area contributed by atoms with Crippen LogP contribution in [-0.4, -0.2) is 24.7 Å². The molecule has 14 heavy (non-hydrogen) atoms. The van der Waals surface area contributed by atoms with Gasteiger partial charge >= 0.3 is 5.97 Å². The van der Waals surface area contributed by atoms with Crippen LogP contribution < -0.4 is 4.74 Å². The molecule has 0 aliphatic heterocycles. The quantitative estimate of drug-likeness (QED) is 0.616. The Labute approximate surface area is 90.4 Å². The molecule has 0 amide bonds. The third-order valence-corrected chi connectivity index (χ3v) is 1.89. The average molecular weight is 260 g/mol. The highest BCUT2D eigenvalue weighted by molar-refractivity contribution is 9.10. The Morgan fingerprint density at radius 2 is 2.29 bits per heavy atom. The molecule has 0 aromatic carbocycles. The number of carbonyl (C=O) groups excluding carboxylic acids is 1. The molecule has 0 bridgehead atoms. The van der Waals surface area contributed by atoms with E-state index in [-0.39, 0.29) is 5.69 Å². The van der Waals surface area contributed by atoms with Crippen LogP contribution in [0.15, 0.2) is 16.7 Å². The molecule has 0 aliphatic rings. The Balaban J connectivity index is 2.96. The minimum Gasteiger partial charge on any atom is -0.497 e. The molecular weight excluding hydrogens is 250 g/mol. The molecule has 1 aromatic rings. The summed E-state index contributed by atoms with van der Waals surface area (Å²) in [6, 6.07) is 3.20. The van der Waals surface area contributed by atoms with Crippen LogP contribution in [0, 0.1) is 0 Å². The SMILES string of the molecule is CCOC(=O)c1cc(OC)cc(Br)n1. The van der Waals surface area contributed by atoms with E-state index in [1.54, 1.807) is 13.0 Å². The summed E-state index contributed by atoms with van der Waals surface area (Å²) in [7, 11) is 1.52. The summed E-state index contributed by atoms with van der Waals surface area (Å²) in [6.45, 7) is 2.07. The van der Waals surface area contributed by atoms with Gasteiger partial charge in [0.1, 0.15) is 10.4 Å². The van der Waals surface area contributed by atoms with Crippen molar-refractivity contribution < 1.29 is 14.3 Å². The van der Waals surface area contributed by atoms with Crippen LogP contribution in [0.3, 0.4) is 0 Å². The first-order chi connectivity index (χ1) is 6.67. The summed E-state index contributed by atoms with van der Waals surface area (Å²) in [4.78, 5) is 15.3. The van der Waals surface area contributed by atoms with Gasteiger partial charge in [-0.15, -0.1) is 0 Å². The Morgan fingerprint density at radius 1 is 1.57 bits per heavy atom. The second-order valence-electron chi connectivity index (χ2n) is 2.44. The number of halogens is 1. The number of aromatic nitrogens is 1. The molecule has 1 heterocycles. The van der Waals surface area contributed by atoms with Gasteiger partial charge in [-0.2, -0.15) is 0 Å². The Bertz CT molecular complexity index is 341. The van der Waals surface area contributed by atoms with Crippen LogP contribution in [0.2, 0.25) is 0 Å². The second-order valence-corrected chi connectivity index (χ2v) is 3.25. The summed E-state index contributed by atoms with van der Waals surface area (Å²) in [5.41, 5.74) is 0.234. The number of rotatable bonds is 3. The molecule has 0 unspecified atom stereocenters. The fourth-order valence-corrected chi connectivity index (χ4v) is 1.32. The molecule has 0 radical (unpaired) electrons. The zero-order chi connectivity index (χ0) is 10.6. The maximum atomic E-state index is 11.3. The van der Waals surface area contributed by atoms with E-state index in [0.717, 1.165) is 0 Å². The molecule has 0 aliphatic carbocycles. The maximum Gasteiger partial charge on any atom is 0.357 e. The molecule has 1 aromatic heterocycles. The van der Waals surface area contributed by atoms with Crippen molar-refractivity contribution in [2.75, 3.05) is 13.7 Å². The minimum atomic E-state index is -0.452. The summed E-state index contributed by atoms with van der Waals surface area (Å²) in [6.07, 6.45) is 0. The number of hydrogen-bond donors (Lipinski definition) is 0. The topological polar surface area (TPSA) is 48.4 Å². The first-order valence-corrected chi connectivity index (χ1v) is 4.85. The van der Waals surface area contributed by atoms with Crippen LogP contribution >= 0.6 is 15.9 Å². The highest BCUT2D eigenvalue weighted by atomic mass is 79.9. The number of nitrogens with zero attached hydrogens (tertiary/aromatic N) is 1. The van der Waals surface area contributed by atoms with E-state index in [2.05, 4.69) is 20.9 Å². The van der Waals surface area contributed by atoms with Crippen LogP contribution in [0.5, 0.6) is 5.75 Å². The van der Waals surface area contributed by atoms with E-state index in [4.69, 9.17) is 9.47 Å².